The highest BCUT2D eigenvalue weighted by molar-refractivity contribution is 6.29. The molecule has 19 heavy (non-hydrogen) atoms. The van der Waals surface area contributed by atoms with Crippen LogP contribution in [0.4, 0.5) is 19.0 Å². The molecule has 0 spiro atoms. The van der Waals surface area contributed by atoms with Gasteiger partial charge in [-0.1, -0.05) is 31.9 Å². The summed E-state index contributed by atoms with van der Waals surface area (Å²) >= 11 is 5.69. The van der Waals surface area contributed by atoms with Gasteiger partial charge in [-0.05, 0) is 25.0 Å². The molecule has 1 atom stereocenters. The summed E-state index contributed by atoms with van der Waals surface area (Å²) in [5.41, 5.74) is -0.759. The zero-order valence-electron chi connectivity index (χ0n) is 11.3. The van der Waals surface area contributed by atoms with E-state index in [0.29, 0.717) is 19.0 Å². The maximum Gasteiger partial charge on any atom is 0.416 e. The fourth-order valence-corrected chi connectivity index (χ4v) is 1.90. The van der Waals surface area contributed by atoms with Crippen LogP contribution in [-0.4, -0.2) is 18.1 Å². The van der Waals surface area contributed by atoms with Crippen LogP contribution >= 0.6 is 11.6 Å². The highest BCUT2D eigenvalue weighted by Crippen LogP contribution is 2.32. The lowest BCUT2D eigenvalue weighted by Gasteiger charge is -2.25. The smallest absolute Gasteiger partial charge is 0.357 e. The summed E-state index contributed by atoms with van der Waals surface area (Å²) in [7, 11) is 0. The van der Waals surface area contributed by atoms with Crippen LogP contribution in [0.15, 0.2) is 12.1 Å². The zero-order chi connectivity index (χ0) is 14.6. The van der Waals surface area contributed by atoms with E-state index >= 15 is 0 Å². The second-order valence-corrected chi connectivity index (χ2v) is 4.97. The molecule has 0 aliphatic rings. The SMILES string of the molecule is CCC(C)CN(CC)c1cc(C(F)(F)F)cc(Cl)n1. The Bertz CT molecular complexity index is 421. The summed E-state index contributed by atoms with van der Waals surface area (Å²) in [6.45, 7) is 7.24. The standard InChI is InChI=1S/C13H18ClF3N2/c1-4-9(3)8-19(5-2)12-7-10(13(15,16)17)6-11(14)18-12/h6-7,9H,4-5,8H2,1-3H3. The van der Waals surface area contributed by atoms with Crippen LogP contribution in [0, 0.1) is 5.92 Å². The minimum absolute atomic E-state index is 0.132. The van der Waals surface area contributed by atoms with E-state index in [1.54, 1.807) is 0 Å². The molecule has 108 valence electrons. The number of nitrogens with zero attached hydrogens (tertiary/aromatic N) is 2. The van der Waals surface area contributed by atoms with Gasteiger partial charge in [0.2, 0.25) is 0 Å². The first-order chi connectivity index (χ1) is 8.77. The molecule has 1 rings (SSSR count). The van der Waals surface area contributed by atoms with E-state index in [0.717, 1.165) is 18.6 Å². The number of hydrogen-bond donors (Lipinski definition) is 0. The highest BCUT2D eigenvalue weighted by atomic mass is 35.5. The molecule has 1 aromatic rings. The predicted octanol–water partition coefficient (Wildman–Crippen LogP) is 4.63. The fourth-order valence-electron chi connectivity index (χ4n) is 1.70. The molecule has 1 heterocycles. The molecule has 0 aliphatic heterocycles. The minimum Gasteiger partial charge on any atom is -0.357 e. The molecule has 0 aromatic carbocycles. The van der Waals surface area contributed by atoms with Crippen LogP contribution in [0.3, 0.4) is 0 Å². The van der Waals surface area contributed by atoms with Crippen molar-refractivity contribution in [3.05, 3.63) is 22.8 Å². The van der Waals surface area contributed by atoms with Crippen LogP contribution in [0.2, 0.25) is 5.15 Å². The van der Waals surface area contributed by atoms with Crippen molar-refractivity contribution in [2.45, 2.75) is 33.4 Å². The number of anilines is 1. The molecule has 6 heteroatoms. The van der Waals surface area contributed by atoms with Gasteiger partial charge in [0.1, 0.15) is 11.0 Å². The second-order valence-electron chi connectivity index (χ2n) is 4.59. The maximum atomic E-state index is 12.7. The molecule has 0 saturated heterocycles. The van der Waals surface area contributed by atoms with E-state index in [1.165, 1.54) is 0 Å². The molecule has 0 amide bonds. The fraction of sp³-hybridized carbons (Fsp3) is 0.615. The molecule has 1 aromatic heterocycles. The Labute approximate surface area is 116 Å². The number of hydrogen-bond acceptors (Lipinski definition) is 2. The Morgan fingerprint density at radius 1 is 1.32 bits per heavy atom. The van der Waals surface area contributed by atoms with Gasteiger partial charge in [0.05, 0.1) is 5.56 Å². The molecule has 0 bridgehead atoms. The Balaban J connectivity index is 3.07. The van der Waals surface area contributed by atoms with Crippen molar-refractivity contribution in [1.82, 2.24) is 4.98 Å². The third-order valence-corrected chi connectivity index (χ3v) is 3.24. The first-order valence-electron chi connectivity index (χ1n) is 6.27. The second kappa shape index (κ2) is 6.46. The van der Waals surface area contributed by atoms with Gasteiger partial charge < -0.3 is 4.90 Å². The lowest BCUT2D eigenvalue weighted by molar-refractivity contribution is -0.137. The molecule has 0 fully saturated rings. The van der Waals surface area contributed by atoms with E-state index in [-0.39, 0.29) is 11.0 Å². The van der Waals surface area contributed by atoms with Gasteiger partial charge in [0.15, 0.2) is 0 Å². The van der Waals surface area contributed by atoms with E-state index < -0.39 is 11.7 Å². The predicted molar refractivity (Wildman–Crippen MR) is 71.6 cm³/mol. The highest BCUT2D eigenvalue weighted by Gasteiger charge is 2.32. The number of aromatic nitrogens is 1. The first kappa shape index (κ1) is 16.1. The quantitative estimate of drug-likeness (QED) is 0.736. The van der Waals surface area contributed by atoms with Crippen LogP contribution in [-0.2, 0) is 6.18 Å². The molecule has 0 N–H and O–H groups in total. The van der Waals surface area contributed by atoms with E-state index in [4.69, 9.17) is 11.6 Å². The van der Waals surface area contributed by atoms with Gasteiger partial charge in [-0.3, -0.25) is 0 Å². The van der Waals surface area contributed by atoms with E-state index in [2.05, 4.69) is 11.9 Å². The Kier molecular flexibility index (Phi) is 5.47. The summed E-state index contributed by atoms with van der Waals surface area (Å²) in [6.07, 6.45) is -3.44. The van der Waals surface area contributed by atoms with Crippen LogP contribution in [0.5, 0.6) is 0 Å². The number of rotatable bonds is 5. The molecule has 0 saturated carbocycles. The van der Waals surface area contributed by atoms with Crippen molar-refractivity contribution < 1.29 is 13.2 Å². The summed E-state index contributed by atoms with van der Waals surface area (Å²) in [5, 5.41) is -0.132. The van der Waals surface area contributed by atoms with Crippen molar-refractivity contribution >= 4 is 17.4 Å². The normalized spacial score (nSPS) is 13.4. The van der Waals surface area contributed by atoms with Crippen molar-refractivity contribution in [2.24, 2.45) is 5.92 Å². The van der Waals surface area contributed by atoms with Crippen molar-refractivity contribution in [1.29, 1.82) is 0 Å². The van der Waals surface area contributed by atoms with Crippen LogP contribution < -0.4 is 4.90 Å². The van der Waals surface area contributed by atoms with Gasteiger partial charge >= 0.3 is 6.18 Å². The topological polar surface area (TPSA) is 16.1 Å². The third kappa shape index (κ3) is 4.56. The van der Waals surface area contributed by atoms with Gasteiger partial charge in [-0.25, -0.2) is 4.98 Å². The average Bonchev–Trinajstić information content (AvgIpc) is 2.33. The largest absolute Gasteiger partial charge is 0.416 e. The summed E-state index contributed by atoms with van der Waals surface area (Å²) in [4.78, 5) is 5.81. The van der Waals surface area contributed by atoms with Gasteiger partial charge in [0.25, 0.3) is 0 Å². The first-order valence-corrected chi connectivity index (χ1v) is 6.65. The van der Waals surface area contributed by atoms with Gasteiger partial charge in [0, 0.05) is 13.1 Å². The molecule has 0 radical (unpaired) electrons. The van der Waals surface area contributed by atoms with E-state index in [9.17, 15) is 13.2 Å². The molecule has 2 nitrogen and oxygen atoms in total. The van der Waals surface area contributed by atoms with Crippen molar-refractivity contribution in [2.75, 3.05) is 18.0 Å². The summed E-state index contributed by atoms with van der Waals surface area (Å²) in [6, 6.07) is 1.90. The lowest BCUT2D eigenvalue weighted by atomic mass is 10.1. The number of alkyl halides is 3. The number of pyridine rings is 1. The molecule has 1 unspecified atom stereocenters. The van der Waals surface area contributed by atoms with Gasteiger partial charge in [-0.2, -0.15) is 13.2 Å². The summed E-state index contributed by atoms with van der Waals surface area (Å²) < 4.78 is 38.2. The van der Waals surface area contributed by atoms with Crippen LogP contribution in [0.1, 0.15) is 32.8 Å². The molecular weight excluding hydrogens is 277 g/mol. The van der Waals surface area contributed by atoms with Crippen molar-refractivity contribution in [3.63, 3.8) is 0 Å². The van der Waals surface area contributed by atoms with Crippen LogP contribution in [0.25, 0.3) is 0 Å². The minimum atomic E-state index is -4.41. The Hall–Kier alpha value is -0.970. The molecule has 0 aliphatic carbocycles. The average molecular weight is 295 g/mol. The Morgan fingerprint density at radius 3 is 2.42 bits per heavy atom. The van der Waals surface area contributed by atoms with E-state index in [1.807, 2.05) is 18.7 Å². The van der Waals surface area contributed by atoms with Crippen molar-refractivity contribution in [3.8, 4) is 0 Å². The maximum absolute atomic E-state index is 12.7. The molecular formula is C13H18ClF3N2. The summed E-state index contributed by atoms with van der Waals surface area (Å²) in [5.74, 6) is 0.665. The number of halogens is 4. The monoisotopic (exact) mass is 294 g/mol. The third-order valence-electron chi connectivity index (χ3n) is 3.04. The lowest BCUT2D eigenvalue weighted by Crippen LogP contribution is -2.29. The zero-order valence-corrected chi connectivity index (χ0v) is 12.0. The van der Waals surface area contributed by atoms with Gasteiger partial charge in [-0.15, -0.1) is 0 Å². The Morgan fingerprint density at radius 2 is 1.95 bits per heavy atom.